The summed E-state index contributed by atoms with van der Waals surface area (Å²) in [4.78, 5) is 11.5. The van der Waals surface area contributed by atoms with Gasteiger partial charge in [-0.2, -0.15) is 13.2 Å². The number of rotatable bonds is 1. The van der Waals surface area contributed by atoms with Crippen molar-refractivity contribution in [2.24, 2.45) is 5.73 Å². The molecule has 1 rings (SSSR count). The quantitative estimate of drug-likeness (QED) is 0.539. The van der Waals surface area contributed by atoms with Crippen LogP contribution in [0.3, 0.4) is 0 Å². The molecule has 0 atom stereocenters. The van der Waals surface area contributed by atoms with Gasteiger partial charge in [0.2, 0.25) is 0 Å². The summed E-state index contributed by atoms with van der Waals surface area (Å²) in [5.74, 6) is -0.777. The van der Waals surface area contributed by atoms with Crippen LogP contribution in [0.2, 0.25) is 0 Å². The van der Waals surface area contributed by atoms with Crippen molar-refractivity contribution >= 4 is 39.2 Å². The molecular formula is C9H7BrF3N3OS. The highest BCUT2D eigenvalue weighted by atomic mass is 79.9. The van der Waals surface area contributed by atoms with Gasteiger partial charge in [-0.15, -0.1) is 0 Å². The van der Waals surface area contributed by atoms with Crippen molar-refractivity contribution in [2.45, 2.75) is 6.18 Å². The highest BCUT2D eigenvalue weighted by Gasteiger charge is 2.33. The Balaban J connectivity index is 2.98. The van der Waals surface area contributed by atoms with Crippen LogP contribution in [0, 0.1) is 0 Å². The zero-order chi connectivity index (χ0) is 13.9. The minimum absolute atomic E-state index is 0.145. The third kappa shape index (κ3) is 3.84. The second-order valence-electron chi connectivity index (χ2n) is 3.14. The molecule has 0 bridgehead atoms. The molecule has 0 saturated heterocycles. The molecule has 0 aliphatic rings. The van der Waals surface area contributed by atoms with E-state index >= 15 is 0 Å². The maximum atomic E-state index is 12.6. The smallest absolute Gasteiger partial charge is 0.375 e. The van der Waals surface area contributed by atoms with E-state index in [0.717, 1.165) is 12.1 Å². The van der Waals surface area contributed by atoms with Crippen LogP contribution >= 0.6 is 28.1 Å². The molecule has 98 valence electrons. The van der Waals surface area contributed by atoms with Crippen molar-refractivity contribution in [1.82, 2.24) is 10.9 Å². The van der Waals surface area contributed by atoms with Gasteiger partial charge in [0.05, 0.1) is 5.56 Å². The first-order valence-corrected chi connectivity index (χ1v) is 5.64. The standard InChI is InChI=1S/C9H7BrF3N3OS/c10-6-2-1-4(3-5(6)9(11,12)13)7(17)15-16-8(14)18/h1-3H,(H,15,17)(H3,14,16,18). The Labute approximate surface area is 114 Å². The summed E-state index contributed by atoms with van der Waals surface area (Å²) in [5, 5.41) is -0.198. The van der Waals surface area contributed by atoms with Crippen LogP contribution in [0.15, 0.2) is 22.7 Å². The van der Waals surface area contributed by atoms with Gasteiger partial charge >= 0.3 is 6.18 Å². The average Bonchev–Trinajstić information content (AvgIpc) is 2.24. The Morgan fingerprint density at radius 1 is 1.33 bits per heavy atom. The van der Waals surface area contributed by atoms with Crippen LogP contribution in [-0.2, 0) is 6.18 Å². The Bertz CT molecular complexity index is 492. The molecule has 0 aromatic heterocycles. The van der Waals surface area contributed by atoms with E-state index in [1.54, 1.807) is 0 Å². The molecule has 0 aliphatic carbocycles. The largest absolute Gasteiger partial charge is 0.417 e. The second-order valence-corrected chi connectivity index (χ2v) is 4.43. The summed E-state index contributed by atoms with van der Waals surface area (Å²) in [5.41, 5.74) is 8.14. The number of thiocarbonyl (C=S) groups is 1. The van der Waals surface area contributed by atoms with Crippen molar-refractivity contribution in [3.8, 4) is 0 Å². The van der Waals surface area contributed by atoms with Crippen molar-refractivity contribution < 1.29 is 18.0 Å². The molecule has 0 spiro atoms. The van der Waals surface area contributed by atoms with Gasteiger partial charge in [-0.25, -0.2) is 0 Å². The fourth-order valence-electron chi connectivity index (χ4n) is 1.07. The number of hydrogen-bond acceptors (Lipinski definition) is 2. The molecule has 9 heteroatoms. The lowest BCUT2D eigenvalue weighted by Gasteiger charge is -2.11. The molecule has 0 heterocycles. The van der Waals surface area contributed by atoms with E-state index < -0.39 is 17.6 Å². The first kappa shape index (κ1) is 14.7. The monoisotopic (exact) mass is 341 g/mol. The summed E-state index contributed by atoms with van der Waals surface area (Å²) >= 11 is 7.20. The van der Waals surface area contributed by atoms with Crippen LogP contribution in [0.4, 0.5) is 13.2 Å². The number of halogens is 4. The zero-order valence-electron chi connectivity index (χ0n) is 8.64. The van der Waals surface area contributed by atoms with Crippen LogP contribution in [0.25, 0.3) is 0 Å². The molecule has 4 N–H and O–H groups in total. The third-order valence-electron chi connectivity index (χ3n) is 1.83. The molecule has 1 aromatic rings. The summed E-state index contributed by atoms with van der Waals surface area (Å²) in [7, 11) is 0. The SMILES string of the molecule is NC(=S)NNC(=O)c1ccc(Br)c(C(F)(F)F)c1. The highest BCUT2D eigenvalue weighted by Crippen LogP contribution is 2.35. The molecule has 0 fully saturated rings. The van der Waals surface area contributed by atoms with E-state index in [1.165, 1.54) is 6.07 Å². The van der Waals surface area contributed by atoms with Gasteiger partial charge in [0.25, 0.3) is 5.91 Å². The molecule has 4 nitrogen and oxygen atoms in total. The Hall–Kier alpha value is -1.35. The van der Waals surface area contributed by atoms with Gasteiger partial charge in [-0.05, 0) is 30.4 Å². The summed E-state index contributed by atoms with van der Waals surface area (Å²) in [6.07, 6.45) is -4.55. The first-order valence-electron chi connectivity index (χ1n) is 4.44. The van der Waals surface area contributed by atoms with Crippen molar-refractivity contribution in [3.63, 3.8) is 0 Å². The van der Waals surface area contributed by atoms with Crippen LogP contribution < -0.4 is 16.6 Å². The first-order chi connectivity index (χ1) is 8.21. The summed E-state index contributed by atoms with van der Waals surface area (Å²) in [6, 6.07) is 3.09. The number of alkyl halides is 3. The Morgan fingerprint density at radius 3 is 2.44 bits per heavy atom. The average molecular weight is 342 g/mol. The number of amides is 1. The summed E-state index contributed by atoms with van der Waals surface area (Å²) in [6.45, 7) is 0. The van der Waals surface area contributed by atoms with Crippen molar-refractivity contribution in [2.75, 3.05) is 0 Å². The van der Waals surface area contributed by atoms with Crippen molar-refractivity contribution in [1.29, 1.82) is 0 Å². The van der Waals surface area contributed by atoms with E-state index in [4.69, 9.17) is 5.73 Å². The number of carbonyl (C=O) groups is 1. The van der Waals surface area contributed by atoms with Gasteiger partial charge in [0.1, 0.15) is 0 Å². The minimum atomic E-state index is -4.55. The predicted molar refractivity (Wildman–Crippen MR) is 66.5 cm³/mol. The Kier molecular flexibility index (Phi) is 4.52. The van der Waals surface area contributed by atoms with Crippen LogP contribution in [0.5, 0.6) is 0 Å². The van der Waals surface area contributed by atoms with Gasteiger partial charge in [-0.1, -0.05) is 15.9 Å². The lowest BCUT2D eigenvalue weighted by Crippen LogP contribution is -2.44. The molecule has 1 amide bonds. The van der Waals surface area contributed by atoms with Crippen LogP contribution in [-0.4, -0.2) is 11.0 Å². The number of hydrazine groups is 1. The van der Waals surface area contributed by atoms with E-state index in [2.05, 4.69) is 39.0 Å². The Morgan fingerprint density at radius 2 is 1.94 bits per heavy atom. The van der Waals surface area contributed by atoms with E-state index in [-0.39, 0.29) is 15.1 Å². The van der Waals surface area contributed by atoms with Gasteiger partial charge < -0.3 is 5.73 Å². The third-order valence-corrected chi connectivity index (χ3v) is 2.63. The van der Waals surface area contributed by atoms with Gasteiger partial charge in [-0.3, -0.25) is 15.6 Å². The maximum absolute atomic E-state index is 12.6. The topological polar surface area (TPSA) is 67.2 Å². The molecule has 18 heavy (non-hydrogen) atoms. The van der Waals surface area contributed by atoms with E-state index in [0.29, 0.717) is 0 Å². The highest BCUT2D eigenvalue weighted by molar-refractivity contribution is 9.10. The van der Waals surface area contributed by atoms with Crippen molar-refractivity contribution in [3.05, 3.63) is 33.8 Å². The molecule has 0 unspecified atom stereocenters. The fraction of sp³-hybridized carbons (Fsp3) is 0.111. The summed E-state index contributed by atoms with van der Waals surface area (Å²) < 4.78 is 37.6. The number of benzene rings is 1. The molecular weight excluding hydrogens is 335 g/mol. The number of hydrogen-bond donors (Lipinski definition) is 3. The number of carbonyl (C=O) groups excluding carboxylic acids is 1. The molecule has 0 radical (unpaired) electrons. The minimum Gasteiger partial charge on any atom is -0.375 e. The number of nitrogens with one attached hydrogen (secondary N) is 2. The zero-order valence-corrected chi connectivity index (χ0v) is 11.0. The van der Waals surface area contributed by atoms with E-state index in [9.17, 15) is 18.0 Å². The maximum Gasteiger partial charge on any atom is 0.417 e. The second kappa shape index (κ2) is 5.53. The number of nitrogens with two attached hydrogens (primary N) is 1. The molecule has 0 aliphatic heterocycles. The lowest BCUT2D eigenvalue weighted by atomic mass is 10.1. The van der Waals surface area contributed by atoms with Crippen LogP contribution in [0.1, 0.15) is 15.9 Å². The molecule has 1 aromatic carbocycles. The lowest BCUT2D eigenvalue weighted by molar-refractivity contribution is -0.138. The van der Waals surface area contributed by atoms with Gasteiger partial charge in [0, 0.05) is 10.0 Å². The normalized spacial score (nSPS) is 10.9. The molecule has 0 saturated carbocycles. The van der Waals surface area contributed by atoms with E-state index in [1.807, 2.05) is 0 Å². The van der Waals surface area contributed by atoms with Gasteiger partial charge in [0.15, 0.2) is 5.11 Å². The fourth-order valence-corrected chi connectivity index (χ4v) is 1.60. The predicted octanol–water partition coefficient (Wildman–Crippen LogP) is 1.95.